The minimum absolute atomic E-state index is 0.302. The van der Waals surface area contributed by atoms with Crippen molar-refractivity contribution in [2.24, 2.45) is 0 Å². The van der Waals surface area contributed by atoms with Gasteiger partial charge < -0.3 is 9.84 Å². The first-order valence-corrected chi connectivity index (χ1v) is 9.84. The van der Waals surface area contributed by atoms with Crippen molar-refractivity contribution >= 4 is 33.9 Å². The first kappa shape index (κ1) is 17.6. The zero-order valence-corrected chi connectivity index (χ0v) is 15.9. The molecular formula is C18H14FN5OS2. The molecule has 4 aromatic rings. The van der Waals surface area contributed by atoms with Crippen molar-refractivity contribution in [2.45, 2.75) is 17.0 Å². The normalized spacial score (nSPS) is 10.9. The molecule has 0 aliphatic rings. The van der Waals surface area contributed by atoms with Crippen LogP contribution in [0, 0.1) is 12.7 Å². The standard InChI is InChI=1S/C18H14FN5OS2/c1-11-3-2-4-14(9-11)20-17-22-23-18(27-17)26-10-15-21-16(24-25-15)12-5-7-13(19)8-6-12/h2-9H,10H2,1H3,(H,20,22). The Balaban J connectivity index is 1.37. The topological polar surface area (TPSA) is 76.7 Å². The van der Waals surface area contributed by atoms with Crippen LogP contribution >= 0.6 is 23.1 Å². The Labute approximate surface area is 162 Å². The van der Waals surface area contributed by atoms with Gasteiger partial charge in [-0.25, -0.2) is 4.39 Å². The minimum atomic E-state index is -0.302. The fourth-order valence-corrected chi connectivity index (χ4v) is 3.93. The van der Waals surface area contributed by atoms with Gasteiger partial charge in [0.05, 0.1) is 5.75 Å². The molecule has 0 radical (unpaired) electrons. The number of anilines is 2. The largest absolute Gasteiger partial charge is 0.338 e. The molecule has 6 nitrogen and oxygen atoms in total. The SMILES string of the molecule is Cc1cccc(Nc2nnc(SCc3nc(-c4ccc(F)cc4)no3)s2)c1. The molecule has 0 amide bonds. The fourth-order valence-electron chi connectivity index (χ4n) is 2.32. The molecule has 2 aromatic heterocycles. The van der Waals surface area contributed by atoms with Crippen molar-refractivity contribution in [3.05, 3.63) is 65.8 Å². The highest BCUT2D eigenvalue weighted by molar-refractivity contribution is 8.00. The highest BCUT2D eigenvalue weighted by Crippen LogP contribution is 2.30. The van der Waals surface area contributed by atoms with Crippen LogP contribution in [-0.4, -0.2) is 20.3 Å². The number of hydrogen-bond donors (Lipinski definition) is 1. The van der Waals surface area contributed by atoms with E-state index in [9.17, 15) is 4.39 Å². The second-order valence-corrected chi connectivity index (χ2v) is 7.87. The molecule has 0 spiro atoms. The highest BCUT2D eigenvalue weighted by Gasteiger charge is 2.11. The Hall–Kier alpha value is -2.78. The summed E-state index contributed by atoms with van der Waals surface area (Å²) in [6.07, 6.45) is 0. The van der Waals surface area contributed by atoms with Crippen LogP contribution in [0.2, 0.25) is 0 Å². The van der Waals surface area contributed by atoms with Crippen LogP contribution in [-0.2, 0) is 5.75 Å². The Kier molecular flexibility index (Phi) is 5.12. The zero-order valence-electron chi connectivity index (χ0n) is 14.2. The van der Waals surface area contributed by atoms with Crippen LogP contribution < -0.4 is 5.32 Å². The monoisotopic (exact) mass is 399 g/mol. The molecule has 27 heavy (non-hydrogen) atoms. The van der Waals surface area contributed by atoms with Gasteiger partial charge in [-0.15, -0.1) is 10.2 Å². The van der Waals surface area contributed by atoms with Crippen LogP contribution in [0.15, 0.2) is 57.4 Å². The van der Waals surface area contributed by atoms with E-state index in [-0.39, 0.29) is 5.82 Å². The average molecular weight is 399 g/mol. The summed E-state index contributed by atoms with van der Waals surface area (Å²) in [7, 11) is 0. The van der Waals surface area contributed by atoms with Gasteiger partial charge in [0.2, 0.25) is 16.8 Å². The number of hydrogen-bond acceptors (Lipinski definition) is 8. The molecular weight excluding hydrogens is 385 g/mol. The van der Waals surface area contributed by atoms with Gasteiger partial charge >= 0.3 is 0 Å². The fraction of sp³-hybridized carbons (Fsp3) is 0.111. The number of nitrogens with zero attached hydrogens (tertiary/aromatic N) is 4. The quantitative estimate of drug-likeness (QED) is 0.454. The molecule has 0 aliphatic heterocycles. The van der Waals surface area contributed by atoms with Crippen molar-refractivity contribution in [3.63, 3.8) is 0 Å². The van der Waals surface area contributed by atoms with Crippen LogP contribution in [0.5, 0.6) is 0 Å². The number of aryl methyl sites for hydroxylation is 1. The maximum absolute atomic E-state index is 13.0. The summed E-state index contributed by atoms with van der Waals surface area (Å²) in [6, 6.07) is 14.0. The smallest absolute Gasteiger partial charge is 0.237 e. The van der Waals surface area contributed by atoms with Gasteiger partial charge in [-0.05, 0) is 48.9 Å². The lowest BCUT2D eigenvalue weighted by molar-refractivity contribution is 0.391. The van der Waals surface area contributed by atoms with Gasteiger partial charge in [0.1, 0.15) is 5.82 Å². The lowest BCUT2D eigenvalue weighted by atomic mass is 10.2. The van der Waals surface area contributed by atoms with E-state index < -0.39 is 0 Å². The summed E-state index contributed by atoms with van der Waals surface area (Å²) >= 11 is 2.92. The highest BCUT2D eigenvalue weighted by atomic mass is 32.2. The van der Waals surface area contributed by atoms with E-state index in [4.69, 9.17) is 4.52 Å². The lowest BCUT2D eigenvalue weighted by Gasteiger charge is -2.01. The van der Waals surface area contributed by atoms with Crippen LogP contribution in [0.25, 0.3) is 11.4 Å². The van der Waals surface area contributed by atoms with Crippen LogP contribution in [0.1, 0.15) is 11.5 Å². The second-order valence-electron chi connectivity index (χ2n) is 5.67. The van der Waals surface area contributed by atoms with E-state index in [1.165, 1.54) is 40.8 Å². The Bertz CT molecular complexity index is 1050. The molecule has 0 fully saturated rings. The molecule has 0 saturated carbocycles. The maximum atomic E-state index is 13.0. The van der Waals surface area contributed by atoms with Crippen LogP contribution in [0.4, 0.5) is 15.2 Å². The van der Waals surface area contributed by atoms with Crippen LogP contribution in [0.3, 0.4) is 0 Å². The number of halogens is 1. The number of rotatable bonds is 6. The molecule has 2 aromatic carbocycles. The molecule has 0 unspecified atom stereocenters. The summed E-state index contributed by atoms with van der Waals surface area (Å²) in [6.45, 7) is 2.04. The summed E-state index contributed by atoms with van der Waals surface area (Å²) in [5.74, 6) is 1.09. The zero-order chi connectivity index (χ0) is 18.6. The molecule has 2 heterocycles. The molecule has 4 rings (SSSR count). The maximum Gasteiger partial charge on any atom is 0.237 e. The number of nitrogens with one attached hydrogen (secondary N) is 1. The van der Waals surface area contributed by atoms with Gasteiger partial charge in [0.25, 0.3) is 0 Å². The van der Waals surface area contributed by atoms with E-state index >= 15 is 0 Å². The first-order valence-electron chi connectivity index (χ1n) is 8.04. The molecule has 0 saturated heterocycles. The molecule has 0 atom stereocenters. The summed E-state index contributed by atoms with van der Waals surface area (Å²) in [5.41, 5.74) is 2.85. The molecule has 0 aliphatic carbocycles. The Morgan fingerprint density at radius 1 is 1.15 bits per heavy atom. The average Bonchev–Trinajstić information content (AvgIpc) is 3.30. The van der Waals surface area contributed by atoms with E-state index in [1.807, 2.05) is 31.2 Å². The first-order chi connectivity index (χ1) is 13.2. The number of aromatic nitrogens is 4. The van der Waals surface area contributed by atoms with Crippen molar-refractivity contribution in [3.8, 4) is 11.4 Å². The number of benzene rings is 2. The minimum Gasteiger partial charge on any atom is -0.338 e. The van der Waals surface area contributed by atoms with Crippen molar-refractivity contribution in [1.29, 1.82) is 0 Å². The second kappa shape index (κ2) is 7.85. The van der Waals surface area contributed by atoms with Gasteiger partial charge in [-0.3, -0.25) is 0 Å². The van der Waals surface area contributed by atoms with E-state index in [0.29, 0.717) is 23.0 Å². The van der Waals surface area contributed by atoms with Gasteiger partial charge in [-0.1, -0.05) is 40.4 Å². The van der Waals surface area contributed by atoms with Gasteiger partial charge in [0, 0.05) is 11.3 Å². The van der Waals surface area contributed by atoms with Crippen molar-refractivity contribution in [2.75, 3.05) is 5.32 Å². The third-order valence-corrected chi connectivity index (χ3v) is 5.52. The van der Waals surface area contributed by atoms with Crippen molar-refractivity contribution < 1.29 is 8.91 Å². The molecule has 1 N–H and O–H groups in total. The predicted octanol–water partition coefficient (Wildman–Crippen LogP) is 5.07. The molecule has 9 heteroatoms. The van der Waals surface area contributed by atoms with E-state index in [0.717, 1.165) is 15.2 Å². The predicted molar refractivity (Wildman–Crippen MR) is 104 cm³/mol. The molecule has 0 bridgehead atoms. The number of thioether (sulfide) groups is 1. The Morgan fingerprint density at radius 3 is 2.81 bits per heavy atom. The summed E-state index contributed by atoms with van der Waals surface area (Å²) in [4.78, 5) is 4.33. The van der Waals surface area contributed by atoms with Crippen molar-refractivity contribution in [1.82, 2.24) is 20.3 Å². The Morgan fingerprint density at radius 2 is 2.00 bits per heavy atom. The summed E-state index contributed by atoms with van der Waals surface area (Å²) < 4.78 is 19.0. The third-order valence-electron chi connectivity index (χ3n) is 3.57. The van der Waals surface area contributed by atoms with Gasteiger partial charge in [0.15, 0.2) is 4.34 Å². The summed E-state index contributed by atoms with van der Waals surface area (Å²) in [5, 5.41) is 16.2. The third kappa shape index (κ3) is 4.50. The van der Waals surface area contributed by atoms with Gasteiger partial charge in [-0.2, -0.15) is 4.98 Å². The molecule has 136 valence electrons. The van der Waals surface area contributed by atoms with E-state index in [1.54, 1.807) is 12.1 Å². The van der Waals surface area contributed by atoms with E-state index in [2.05, 4.69) is 25.7 Å². The lowest BCUT2D eigenvalue weighted by Crippen LogP contribution is -1.89.